The molecule has 34 heavy (non-hydrogen) atoms. The van der Waals surface area contributed by atoms with Crippen LogP contribution in [-0.4, -0.2) is 28.5 Å². The lowest BCUT2D eigenvalue weighted by molar-refractivity contribution is -0.111. The highest BCUT2D eigenvalue weighted by Crippen LogP contribution is 2.61. The van der Waals surface area contributed by atoms with Crippen molar-refractivity contribution in [2.24, 2.45) is 23.2 Å². The first-order chi connectivity index (χ1) is 16.1. The smallest absolute Gasteiger partial charge is 0.254 e. The van der Waals surface area contributed by atoms with Gasteiger partial charge in [0.2, 0.25) is 0 Å². The minimum absolute atomic E-state index is 0.0604. The number of fused-ring (bicyclic) bond motifs is 3. The number of carbonyl (C=O) groups excluding carboxylic acids is 1. The highest BCUT2D eigenvalue weighted by atomic mass is 35.5. The van der Waals surface area contributed by atoms with Gasteiger partial charge in [-0.3, -0.25) is 4.79 Å². The van der Waals surface area contributed by atoms with Gasteiger partial charge in [-0.05, 0) is 96.1 Å². The van der Waals surface area contributed by atoms with Crippen LogP contribution in [0.15, 0.2) is 36.4 Å². The van der Waals surface area contributed by atoms with Crippen LogP contribution < -0.4 is 10.6 Å². The number of benzene rings is 2. The second kappa shape index (κ2) is 9.00. The Hall–Kier alpha value is -1.82. The summed E-state index contributed by atoms with van der Waals surface area (Å²) in [4.78, 5) is 14.8. The summed E-state index contributed by atoms with van der Waals surface area (Å²) in [5.74, 6) is 2.23. The first-order valence-corrected chi connectivity index (χ1v) is 13.2. The highest BCUT2D eigenvalue weighted by Gasteiger charge is 2.56. The third-order valence-corrected chi connectivity index (χ3v) is 9.39. The molecule has 1 amide bonds. The molecule has 2 aromatic carbocycles. The summed E-state index contributed by atoms with van der Waals surface area (Å²) in [5.41, 5.74) is 4.15. The molecule has 2 bridgehead atoms. The van der Waals surface area contributed by atoms with Crippen molar-refractivity contribution in [1.82, 2.24) is 10.2 Å². The monoisotopic (exact) mass is 515 g/mol. The summed E-state index contributed by atoms with van der Waals surface area (Å²) in [5, 5.41) is 8.83. The van der Waals surface area contributed by atoms with Gasteiger partial charge < -0.3 is 15.5 Å². The molecule has 3 fully saturated rings. The van der Waals surface area contributed by atoms with Crippen LogP contribution in [0.3, 0.4) is 0 Å². The molecule has 1 aliphatic heterocycles. The third kappa shape index (κ3) is 4.31. The lowest BCUT2D eigenvalue weighted by atomic mass is 9.45. The third-order valence-electron chi connectivity index (χ3n) is 8.58. The quantitative estimate of drug-likeness (QED) is 0.443. The Morgan fingerprint density at radius 2 is 1.97 bits per heavy atom. The van der Waals surface area contributed by atoms with Crippen LogP contribution in [-0.2, 0) is 13.0 Å². The molecular weight excluding hydrogens is 485 g/mol. The highest BCUT2D eigenvalue weighted by molar-refractivity contribution is 7.80. The minimum atomic E-state index is 0.0604. The van der Waals surface area contributed by atoms with Crippen molar-refractivity contribution in [3.8, 4) is 0 Å². The van der Waals surface area contributed by atoms with E-state index >= 15 is 0 Å². The van der Waals surface area contributed by atoms with Crippen LogP contribution in [0.25, 0.3) is 0 Å². The van der Waals surface area contributed by atoms with Gasteiger partial charge in [0.1, 0.15) is 0 Å². The van der Waals surface area contributed by atoms with Gasteiger partial charge in [0, 0.05) is 40.4 Å². The molecule has 7 heteroatoms. The molecule has 4 aliphatic rings. The molecule has 2 aromatic rings. The number of halogens is 2. The fourth-order valence-corrected chi connectivity index (χ4v) is 7.07. The average Bonchev–Trinajstić information content (AvgIpc) is 3.09. The summed E-state index contributed by atoms with van der Waals surface area (Å²) in [6.45, 7) is 8.38. The van der Waals surface area contributed by atoms with Gasteiger partial charge in [0.05, 0.1) is 0 Å². The van der Waals surface area contributed by atoms with Crippen molar-refractivity contribution in [2.75, 3.05) is 11.9 Å². The van der Waals surface area contributed by atoms with Gasteiger partial charge >= 0.3 is 0 Å². The van der Waals surface area contributed by atoms with Gasteiger partial charge in [-0.15, -0.1) is 0 Å². The molecule has 0 unspecified atom stereocenters. The van der Waals surface area contributed by atoms with E-state index in [0.717, 1.165) is 34.2 Å². The zero-order valence-electron chi connectivity index (χ0n) is 19.8. The number of rotatable bonds is 5. The molecule has 0 aromatic heterocycles. The first kappa shape index (κ1) is 23.9. The van der Waals surface area contributed by atoms with Crippen LogP contribution in [0.5, 0.6) is 0 Å². The Balaban J connectivity index is 1.18. The van der Waals surface area contributed by atoms with E-state index in [1.807, 2.05) is 35.2 Å². The van der Waals surface area contributed by atoms with Crippen LogP contribution in [0.4, 0.5) is 5.69 Å². The summed E-state index contributed by atoms with van der Waals surface area (Å²) in [6.07, 6.45) is 3.22. The van der Waals surface area contributed by atoms with E-state index < -0.39 is 0 Å². The molecule has 0 radical (unpaired) electrons. The van der Waals surface area contributed by atoms with E-state index in [0.29, 0.717) is 52.0 Å². The maximum atomic E-state index is 12.9. The second-order valence-corrected chi connectivity index (χ2v) is 12.0. The molecule has 3 aliphatic carbocycles. The van der Waals surface area contributed by atoms with Crippen LogP contribution in [0, 0.1) is 23.2 Å². The number of thiocarbonyl (C=S) groups is 1. The van der Waals surface area contributed by atoms with Gasteiger partial charge in [-0.25, -0.2) is 0 Å². The van der Waals surface area contributed by atoms with Crippen molar-refractivity contribution in [1.29, 1.82) is 0 Å². The van der Waals surface area contributed by atoms with Crippen molar-refractivity contribution >= 4 is 52.1 Å². The molecule has 6 rings (SSSR count). The first-order valence-electron chi connectivity index (χ1n) is 12.1. The number of carbonyl (C=O) groups is 1. The molecule has 180 valence electrons. The molecule has 4 atom stereocenters. The number of nitrogens with zero attached hydrogens (tertiary/aromatic N) is 1. The zero-order valence-corrected chi connectivity index (χ0v) is 22.2. The van der Waals surface area contributed by atoms with Gasteiger partial charge in [-0.2, -0.15) is 0 Å². The Kier molecular flexibility index (Phi) is 6.33. The predicted molar refractivity (Wildman–Crippen MR) is 144 cm³/mol. The summed E-state index contributed by atoms with van der Waals surface area (Å²) in [7, 11) is 0. The summed E-state index contributed by atoms with van der Waals surface area (Å²) < 4.78 is 0. The topological polar surface area (TPSA) is 44.4 Å². The van der Waals surface area contributed by atoms with Crippen LogP contribution >= 0.6 is 35.4 Å². The van der Waals surface area contributed by atoms with E-state index in [4.69, 9.17) is 35.4 Å². The molecule has 3 saturated carbocycles. The van der Waals surface area contributed by atoms with Gasteiger partial charge in [0.25, 0.3) is 5.91 Å². The lowest BCUT2D eigenvalue weighted by Crippen LogP contribution is -2.61. The fraction of sp³-hybridized carbons (Fsp3) is 0.481. The van der Waals surface area contributed by atoms with Gasteiger partial charge in [0.15, 0.2) is 5.11 Å². The second-order valence-electron chi connectivity index (χ2n) is 10.7. The molecule has 0 saturated heterocycles. The number of hydrogen-bond acceptors (Lipinski definition) is 2. The molecule has 1 heterocycles. The SMILES string of the molecule is C[C@H]1[C@@H](NC(=S)Nc2ccc3c(c2)CN(CCc2ccc(Cl)cc2Cl)C3=O)C[C@@H]2C[C@@H]1C2(C)C. The minimum Gasteiger partial charge on any atom is -0.359 e. The van der Waals surface area contributed by atoms with E-state index in [-0.39, 0.29) is 5.91 Å². The largest absolute Gasteiger partial charge is 0.359 e. The fourth-order valence-electron chi connectivity index (χ4n) is 6.30. The molecular formula is C27H31Cl2N3OS. The van der Waals surface area contributed by atoms with Crippen LogP contribution in [0.1, 0.15) is 55.1 Å². The summed E-state index contributed by atoms with van der Waals surface area (Å²) in [6, 6.07) is 11.8. The Bertz CT molecular complexity index is 1150. The number of nitrogens with one attached hydrogen (secondary N) is 2. The van der Waals surface area contributed by atoms with E-state index in [2.05, 4.69) is 31.4 Å². The van der Waals surface area contributed by atoms with Crippen molar-refractivity contribution in [2.45, 2.75) is 52.6 Å². The molecule has 0 spiro atoms. The zero-order chi connectivity index (χ0) is 24.2. The standard InChI is InChI=1S/C27H31Cl2N3OS/c1-15-22-11-18(27(22,2)3)12-24(15)31-26(34)30-20-6-7-21-17(10-20)14-32(25(21)33)9-8-16-4-5-19(28)13-23(16)29/h4-7,10,13,15,18,22,24H,8-9,11-12,14H2,1-3H3,(H2,30,31,34)/t15-,18+,22+,24+/m1/s1. The predicted octanol–water partition coefficient (Wildman–Crippen LogP) is 6.55. The Morgan fingerprint density at radius 3 is 2.68 bits per heavy atom. The number of amides is 1. The van der Waals surface area contributed by atoms with E-state index in [1.165, 1.54) is 12.8 Å². The average molecular weight is 517 g/mol. The lowest BCUT2D eigenvalue weighted by Gasteiger charge is -2.62. The van der Waals surface area contributed by atoms with Crippen molar-refractivity contribution in [3.63, 3.8) is 0 Å². The van der Waals surface area contributed by atoms with E-state index in [1.54, 1.807) is 6.07 Å². The van der Waals surface area contributed by atoms with Crippen LogP contribution in [0.2, 0.25) is 10.0 Å². The Labute approximate surface area is 217 Å². The molecule has 4 nitrogen and oxygen atoms in total. The Morgan fingerprint density at radius 1 is 1.18 bits per heavy atom. The number of hydrogen-bond donors (Lipinski definition) is 2. The number of anilines is 1. The molecule has 2 N–H and O–H groups in total. The normalized spacial score (nSPS) is 26.6. The van der Waals surface area contributed by atoms with Crippen molar-refractivity contribution < 1.29 is 4.79 Å². The van der Waals surface area contributed by atoms with E-state index in [9.17, 15) is 4.79 Å². The maximum Gasteiger partial charge on any atom is 0.254 e. The summed E-state index contributed by atoms with van der Waals surface area (Å²) >= 11 is 17.9. The van der Waals surface area contributed by atoms with Crippen molar-refractivity contribution in [3.05, 3.63) is 63.1 Å². The maximum absolute atomic E-state index is 12.9. The van der Waals surface area contributed by atoms with Gasteiger partial charge in [-0.1, -0.05) is 50.0 Å².